The Labute approximate surface area is 122 Å². The summed E-state index contributed by atoms with van der Waals surface area (Å²) in [5.41, 5.74) is 1.29. The maximum absolute atomic E-state index is 11.8. The van der Waals surface area contributed by atoms with Gasteiger partial charge in [0.1, 0.15) is 6.54 Å². The van der Waals surface area contributed by atoms with Crippen LogP contribution < -0.4 is 5.32 Å². The van der Waals surface area contributed by atoms with Gasteiger partial charge in [-0.05, 0) is 25.3 Å². The minimum absolute atomic E-state index is 0.236. The molecule has 7 nitrogen and oxygen atoms in total. The number of carbonyl (C=O) groups is 1. The molecule has 0 aliphatic carbocycles. The van der Waals surface area contributed by atoms with Crippen LogP contribution >= 0.6 is 0 Å². The average molecular weight is 292 g/mol. The number of rotatable bonds is 7. The van der Waals surface area contributed by atoms with E-state index in [1.807, 2.05) is 20.0 Å². The van der Waals surface area contributed by atoms with Crippen molar-refractivity contribution in [2.45, 2.75) is 39.3 Å². The number of aromatic nitrogens is 3. The first kappa shape index (κ1) is 15.2. The summed E-state index contributed by atoms with van der Waals surface area (Å²) in [5.74, 6) is 0.266. The van der Waals surface area contributed by atoms with Gasteiger partial charge < -0.3 is 14.9 Å². The van der Waals surface area contributed by atoms with Crippen molar-refractivity contribution in [1.29, 1.82) is 0 Å². The number of nitrogens with zero attached hydrogens (tertiary/aromatic N) is 3. The van der Waals surface area contributed by atoms with Gasteiger partial charge in [0, 0.05) is 18.8 Å². The third-order valence-electron chi connectivity index (χ3n) is 3.11. The van der Waals surface area contributed by atoms with Crippen molar-refractivity contribution >= 4 is 5.91 Å². The van der Waals surface area contributed by atoms with E-state index in [1.165, 1.54) is 0 Å². The molecule has 0 bridgehead atoms. The summed E-state index contributed by atoms with van der Waals surface area (Å²) in [6.07, 6.45) is 4.45. The molecule has 2 N–H and O–H groups in total. The lowest BCUT2D eigenvalue weighted by molar-refractivity contribution is 0.0933. The highest BCUT2D eigenvalue weighted by Gasteiger charge is 2.13. The maximum atomic E-state index is 11.8. The number of aliphatic hydroxyl groups excluding tert-OH is 1. The Hall–Kier alpha value is -2.15. The highest BCUT2D eigenvalue weighted by atomic mass is 16.5. The van der Waals surface area contributed by atoms with Gasteiger partial charge in [0.15, 0.2) is 11.5 Å². The minimum atomic E-state index is -0.388. The van der Waals surface area contributed by atoms with Gasteiger partial charge in [-0.2, -0.15) is 5.10 Å². The van der Waals surface area contributed by atoms with Crippen molar-refractivity contribution in [3.63, 3.8) is 0 Å². The van der Waals surface area contributed by atoms with Gasteiger partial charge >= 0.3 is 0 Å². The molecule has 1 atom stereocenters. The van der Waals surface area contributed by atoms with E-state index < -0.39 is 0 Å². The third-order valence-corrected chi connectivity index (χ3v) is 3.11. The van der Waals surface area contributed by atoms with Crippen LogP contribution in [0.15, 0.2) is 23.0 Å². The molecule has 0 aromatic carbocycles. The van der Waals surface area contributed by atoms with E-state index >= 15 is 0 Å². The molecule has 0 aliphatic heterocycles. The summed E-state index contributed by atoms with van der Waals surface area (Å²) < 4.78 is 6.84. The van der Waals surface area contributed by atoms with Gasteiger partial charge in [0.25, 0.3) is 5.91 Å². The molecule has 1 unspecified atom stereocenters. The van der Waals surface area contributed by atoms with Crippen LogP contribution in [0, 0.1) is 6.92 Å². The Morgan fingerprint density at radius 2 is 2.38 bits per heavy atom. The zero-order valence-corrected chi connectivity index (χ0v) is 12.2. The standard InChI is InChI=1S/C14H20N4O3/c1-3-11(19)4-5-15-14(20)13-6-12(21-17-13)9-18-8-10(2)7-16-18/h6-8,11,19H,3-5,9H2,1-2H3,(H,15,20). The summed E-state index contributed by atoms with van der Waals surface area (Å²) >= 11 is 0. The minimum Gasteiger partial charge on any atom is -0.393 e. The average Bonchev–Trinajstić information content (AvgIpc) is 3.08. The second-order valence-corrected chi connectivity index (χ2v) is 5.00. The molecule has 1 amide bonds. The highest BCUT2D eigenvalue weighted by Crippen LogP contribution is 2.06. The number of hydrogen-bond donors (Lipinski definition) is 2. The molecule has 114 valence electrons. The molecule has 21 heavy (non-hydrogen) atoms. The van der Waals surface area contributed by atoms with Crippen LogP contribution in [-0.2, 0) is 6.54 Å². The van der Waals surface area contributed by atoms with Gasteiger partial charge in [-0.1, -0.05) is 12.1 Å². The summed E-state index contributed by atoms with van der Waals surface area (Å²) in [4.78, 5) is 11.8. The SMILES string of the molecule is CCC(O)CCNC(=O)c1cc(Cn2cc(C)cn2)on1. The fourth-order valence-electron chi connectivity index (χ4n) is 1.85. The molecule has 2 aromatic heterocycles. The molecule has 7 heteroatoms. The topological polar surface area (TPSA) is 93.2 Å². The highest BCUT2D eigenvalue weighted by molar-refractivity contribution is 5.92. The zero-order valence-electron chi connectivity index (χ0n) is 12.2. The number of nitrogens with one attached hydrogen (secondary N) is 1. The third kappa shape index (κ3) is 4.42. The molecule has 0 spiro atoms. The van der Waals surface area contributed by atoms with E-state index in [2.05, 4.69) is 15.6 Å². The number of aryl methyl sites for hydroxylation is 1. The first-order valence-corrected chi connectivity index (χ1v) is 6.99. The normalized spacial score (nSPS) is 12.3. The number of amides is 1. The van der Waals surface area contributed by atoms with Gasteiger partial charge in [-0.25, -0.2) is 0 Å². The van der Waals surface area contributed by atoms with Crippen LogP contribution in [0.3, 0.4) is 0 Å². The molecule has 0 fully saturated rings. The zero-order chi connectivity index (χ0) is 15.2. The van der Waals surface area contributed by atoms with Crippen molar-refractivity contribution in [1.82, 2.24) is 20.3 Å². The molecular weight excluding hydrogens is 272 g/mol. The van der Waals surface area contributed by atoms with Gasteiger partial charge in [-0.15, -0.1) is 0 Å². The lowest BCUT2D eigenvalue weighted by Crippen LogP contribution is -2.27. The van der Waals surface area contributed by atoms with E-state index in [1.54, 1.807) is 16.9 Å². The number of hydrogen-bond acceptors (Lipinski definition) is 5. The predicted molar refractivity (Wildman–Crippen MR) is 75.8 cm³/mol. The summed E-state index contributed by atoms with van der Waals surface area (Å²) in [5, 5.41) is 20.0. The maximum Gasteiger partial charge on any atom is 0.273 e. The second-order valence-electron chi connectivity index (χ2n) is 5.00. The fraction of sp³-hybridized carbons (Fsp3) is 0.500. The Balaban J connectivity index is 1.85. The monoisotopic (exact) mass is 292 g/mol. The molecule has 0 aliphatic rings. The Kier molecular flexibility index (Phi) is 5.10. The van der Waals surface area contributed by atoms with Crippen LogP contribution in [0.25, 0.3) is 0 Å². The van der Waals surface area contributed by atoms with Crippen LogP contribution in [0.1, 0.15) is 41.6 Å². The summed E-state index contributed by atoms with van der Waals surface area (Å²) in [6, 6.07) is 1.60. The Morgan fingerprint density at radius 1 is 1.57 bits per heavy atom. The molecule has 0 saturated heterocycles. The smallest absolute Gasteiger partial charge is 0.273 e. The number of aliphatic hydroxyl groups is 1. The van der Waals surface area contributed by atoms with E-state index in [4.69, 9.17) is 4.52 Å². The summed E-state index contributed by atoms with van der Waals surface area (Å²) in [7, 11) is 0. The first-order chi connectivity index (χ1) is 10.1. The van der Waals surface area contributed by atoms with E-state index in [0.29, 0.717) is 31.7 Å². The predicted octanol–water partition coefficient (Wildman–Crippen LogP) is 1.12. The van der Waals surface area contributed by atoms with Crippen LogP contribution in [-0.4, -0.2) is 38.6 Å². The number of carbonyl (C=O) groups excluding carboxylic acids is 1. The molecule has 2 rings (SSSR count). The van der Waals surface area contributed by atoms with Gasteiger partial charge in [0.2, 0.25) is 0 Å². The molecule has 2 heterocycles. The van der Waals surface area contributed by atoms with Crippen molar-refractivity contribution in [3.8, 4) is 0 Å². The van der Waals surface area contributed by atoms with Gasteiger partial charge in [-0.3, -0.25) is 9.48 Å². The van der Waals surface area contributed by atoms with Gasteiger partial charge in [0.05, 0.1) is 12.3 Å². The van der Waals surface area contributed by atoms with Crippen LogP contribution in [0.5, 0.6) is 0 Å². The molecule has 0 saturated carbocycles. The van der Waals surface area contributed by atoms with Crippen molar-refractivity contribution < 1.29 is 14.4 Å². The quantitative estimate of drug-likeness (QED) is 0.797. The van der Waals surface area contributed by atoms with Crippen molar-refractivity contribution in [3.05, 3.63) is 35.5 Å². The Morgan fingerprint density at radius 3 is 3.05 bits per heavy atom. The molecule has 0 radical (unpaired) electrons. The summed E-state index contributed by atoms with van der Waals surface area (Å²) in [6.45, 7) is 4.69. The van der Waals surface area contributed by atoms with E-state index in [-0.39, 0.29) is 17.7 Å². The van der Waals surface area contributed by atoms with Crippen LogP contribution in [0.2, 0.25) is 0 Å². The molecular formula is C14H20N4O3. The van der Waals surface area contributed by atoms with Crippen LogP contribution in [0.4, 0.5) is 0 Å². The molecule has 2 aromatic rings. The van der Waals surface area contributed by atoms with Crippen molar-refractivity contribution in [2.24, 2.45) is 0 Å². The van der Waals surface area contributed by atoms with E-state index in [9.17, 15) is 9.90 Å². The first-order valence-electron chi connectivity index (χ1n) is 6.99. The largest absolute Gasteiger partial charge is 0.393 e. The second kappa shape index (κ2) is 7.03. The van der Waals surface area contributed by atoms with E-state index in [0.717, 1.165) is 5.56 Å². The fourth-order valence-corrected chi connectivity index (χ4v) is 1.85. The lowest BCUT2D eigenvalue weighted by Gasteiger charge is -2.07. The lowest BCUT2D eigenvalue weighted by atomic mass is 10.2. The Bertz CT molecular complexity index is 591. The van der Waals surface area contributed by atoms with Crippen molar-refractivity contribution in [2.75, 3.05) is 6.54 Å².